The molecule has 0 saturated carbocycles. The average molecular weight is 276 g/mol. The second kappa shape index (κ2) is 5.60. The highest BCUT2D eigenvalue weighted by molar-refractivity contribution is 5.82. The van der Waals surface area contributed by atoms with Crippen LogP contribution in [0.2, 0.25) is 0 Å². The van der Waals surface area contributed by atoms with Crippen molar-refractivity contribution in [1.82, 2.24) is 14.9 Å². The predicted octanol–water partition coefficient (Wildman–Crippen LogP) is 1.50. The van der Waals surface area contributed by atoms with Crippen LogP contribution in [0.1, 0.15) is 17.2 Å². The van der Waals surface area contributed by atoms with E-state index in [1.807, 2.05) is 13.8 Å². The van der Waals surface area contributed by atoms with Crippen molar-refractivity contribution in [3.8, 4) is 17.2 Å². The summed E-state index contributed by atoms with van der Waals surface area (Å²) >= 11 is 0. The van der Waals surface area contributed by atoms with Gasteiger partial charge >= 0.3 is 0 Å². The van der Waals surface area contributed by atoms with Gasteiger partial charge in [-0.2, -0.15) is 5.10 Å². The molecular formula is C13H16N4O3. The summed E-state index contributed by atoms with van der Waals surface area (Å²) < 4.78 is 11.8. The first-order chi connectivity index (χ1) is 9.56. The highest BCUT2D eigenvalue weighted by atomic mass is 16.5. The number of phenolic OH excluding ortho intramolecular Hbond substituents is 1. The van der Waals surface area contributed by atoms with Crippen LogP contribution in [0.25, 0.3) is 0 Å². The van der Waals surface area contributed by atoms with Gasteiger partial charge in [0.2, 0.25) is 5.75 Å². The van der Waals surface area contributed by atoms with Crippen LogP contribution in [-0.2, 0) is 0 Å². The topological polar surface area (TPSA) is 81.8 Å². The summed E-state index contributed by atoms with van der Waals surface area (Å²) in [4.78, 5) is 0. The summed E-state index contributed by atoms with van der Waals surface area (Å²) in [6.45, 7) is 3.63. The van der Waals surface area contributed by atoms with Crippen LogP contribution in [-0.4, -0.2) is 40.4 Å². The highest BCUT2D eigenvalue weighted by Gasteiger charge is 2.10. The van der Waals surface area contributed by atoms with Gasteiger partial charge in [0, 0.05) is 5.56 Å². The zero-order chi connectivity index (χ0) is 14.7. The number of nitrogens with zero attached hydrogens (tertiary/aromatic N) is 4. The van der Waals surface area contributed by atoms with E-state index < -0.39 is 0 Å². The highest BCUT2D eigenvalue weighted by Crippen LogP contribution is 2.36. The number of aromatic nitrogens is 3. The van der Waals surface area contributed by atoms with Crippen molar-refractivity contribution in [1.29, 1.82) is 0 Å². The molecule has 2 rings (SSSR count). The molecule has 1 aromatic heterocycles. The van der Waals surface area contributed by atoms with E-state index in [9.17, 15) is 5.11 Å². The number of phenols is 1. The lowest BCUT2D eigenvalue weighted by molar-refractivity contribution is 0.340. The Morgan fingerprint density at radius 2 is 1.60 bits per heavy atom. The zero-order valence-corrected chi connectivity index (χ0v) is 11.8. The number of hydrogen-bond donors (Lipinski definition) is 1. The molecule has 1 aromatic carbocycles. The van der Waals surface area contributed by atoms with Gasteiger partial charge in [-0.05, 0) is 26.0 Å². The fourth-order valence-corrected chi connectivity index (χ4v) is 1.74. The molecule has 0 aliphatic carbocycles. The van der Waals surface area contributed by atoms with Crippen molar-refractivity contribution in [3.05, 3.63) is 29.3 Å². The Morgan fingerprint density at radius 1 is 1.10 bits per heavy atom. The molecule has 0 aliphatic heterocycles. The number of hydrogen-bond acceptors (Lipinski definition) is 6. The Labute approximate surface area is 116 Å². The molecule has 0 atom stereocenters. The van der Waals surface area contributed by atoms with E-state index in [4.69, 9.17) is 9.47 Å². The summed E-state index contributed by atoms with van der Waals surface area (Å²) in [5.74, 6) is 1.99. The second-order valence-electron chi connectivity index (χ2n) is 4.12. The summed E-state index contributed by atoms with van der Waals surface area (Å²) in [6.07, 6.45) is 1.62. The van der Waals surface area contributed by atoms with Gasteiger partial charge in [0.1, 0.15) is 0 Å². The molecule has 0 saturated heterocycles. The van der Waals surface area contributed by atoms with Crippen molar-refractivity contribution in [2.75, 3.05) is 14.2 Å². The normalized spacial score (nSPS) is 11.0. The van der Waals surface area contributed by atoms with Crippen LogP contribution in [0, 0.1) is 13.8 Å². The van der Waals surface area contributed by atoms with E-state index in [0.717, 1.165) is 5.56 Å². The number of rotatable bonds is 4. The number of methoxy groups -OCH3 is 2. The molecule has 7 heteroatoms. The molecule has 106 valence electrons. The van der Waals surface area contributed by atoms with Gasteiger partial charge in [-0.15, -0.1) is 10.2 Å². The molecule has 0 spiro atoms. The molecule has 0 fully saturated rings. The van der Waals surface area contributed by atoms with E-state index in [1.165, 1.54) is 14.2 Å². The first-order valence-corrected chi connectivity index (χ1v) is 5.94. The van der Waals surface area contributed by atoms with Crippen molar-refractivity contribution in [2.45, 2.75) is 13.8 Å². The van der Waals surface area contributed by atoms with Gasteiger partial charge in [-0.1, -0.05) is 0 Å². The van der Waals surface area contributed by atoms with Crippen LogP contribution in [0.15, 0.2) is 17.2 Å². The molecule has 1 N–H and O–H groups in total. The second-order valence-corrected chi connectivity index (χ2v) is 4.12. The summed E-state index contributed by atoms with van der Waals surface area (Å²) in [5.41, 5.74) is 0.726. The lowest BCUT2D eigenvalue weighted by Crippen LogP contribution is -1.97. The minimum absolute atomic E-state index is 0.0381. The van der Waals surface area contributed by atoms with Crippen molar-refractivity contribution >= 4 is 6.21 Å². The fraction of sp³-hybridized carbons (Fsp3) is 0.308. The molecule has 0 radical (unpaired) electrons. The van der Waals surface area contributed by atoms with Gasteiger partial charge < -0.3 is 14.6 Å². The van der Waals surface area contributed by atoms with Gasteiger partial charge in [0.25, 0.3) is 0 Å². The Kier molecular flexibility index (Phi) is 3.88. The molecule has 20 heavy (non-hydrogen) atoms. The molecule has 2 aromatic rings. The maximum atomic E-state index is 9.83. The smallest absolute Gasteiger partial charge is 0.200 e. The first-order valence-electron chi connectivity index (χ1n) is 5.94. The predicted molar refractivity (Wildman–Crippen MR) is 73.7 cm³/mol. The maximum Gasteiger partial charge on any atom is 0.200 e. The Balaban J connectivity index is 2.39. The van der Waals surface area contributed by atoms with E-state index in [0.29, 0.717) is 23.1 Å². The van der Waals surface area contributed by atoms with Crippen LogP contribution in [0.5, 0.6) is 17.2 Å². The fourth-order valence-electron chi connectivity index (χ4n) is 1.74. The third-order valence-electron chi connectivity index (χ3n) is 2.78. The monoisotopic (exact) mass is 276 g/mol. The van der Waals surface area contributed by atoms with Crippen molar-refractivity contribution in [2.24, 2.45) is 5.10 Å². The Morgan fingerprint density at radius 3 is 2.05 bits per heavy atom. The van der Waals surface area contributed by atoms with Crippen LogP contribution in [0.3, 0.4) is 0 Å². The summed E-state index contributed by atoms with van der Waals surface area (Å²) in [6, 6.07) is 3.33. The van der Waals surface area contributed by atoms with Gasteiger partial charge in [0.15, 0.2) is 23.1 Å². The standard InChI is InChI=1S/C13H16N4O3/c1-8-15-16-9(2)17(8)14-7-10-5-11(19-3)13(18)12(6-10)20-4/h5-7,18H,1-4H3. The third kappa shape index (κ3) is 2.56. The molecule has 1 heterocycles. The van der Waals surface area contributed by atoms with Crippen LogP contribution >= 0.6 is 0 Å². The quantitative estimate of drug-likeness (QED) is 0.856. The maximum absolute atomic E-state index is 9.83. The molecule has 0 aliphatic rings. The third-order valence-corrected chi connectivity index (χ3v) is 2.78. The van der Waals surface area contributed by atoms with Gasteiger partial charge in [-0.3, -0.25) is 0 Å². The SMILES string of the molecule is COc1cc(C=Nn2c(C)nnc2C)cc(OC)c1O. The number of benzene rings is 1. The largest absolute Gasteiger partial charge is 0.502 e. The van der Waals surface area contributed by atoms with Crippen LogP contribution < -0.4 is 9.47 Å². The molecule has 7 nitrogen and oxygen atoms in total. The first kappa shape index (κ1) is 13.9. The Hall–Kier alpha value is -2.57. The molecule has 0 amide bonds. The van der Waals surface area contributed by atoms with E-state index >= 15 is 0 Å². The number of aryl methyl sites for hydroxylation is 2. The molecule has 0 bridgehead atoms. The van der Waals surface area contributed by atoms with E-state index in [2.05, 4.69) is 15.3 Å². The molecule has 0 unspecified atom stereocenters. The Bertz CT molecular complexity index is 605. The summed E-state index contributed by atoms with van der Waals surface area (Å²) in [7, 11) is 2.95. The van der Waals surface area contributed by atoms with E-state index in [1.54, 1.807) is 23.0 Å². The lowest BCUT2D eigenvalue weighted by Gasteiger charge is -2.09. The average Bonchev–Trinajstić information content (AvgIpc) is 2.77. The van der Waals surface area contributed by atoms with Crippen LogP contribution in [0.4, 0.5) is 0 Å². The minimum Gasteiger partial charge on any atom is -0.502 e. The lowest BCUT2D eigenvalue weighted by atomic mass is 10.2. The van der Waals surface area contributed by atoms with E-state index in [-0.39, 0.29) is 5.75 Å². The van der Waals surface area contributed by atoms with Crippen molar-refractivity contribution in [3.63, 3.8) is 0 Å². The van der Waals surface area contributed by atoms with Gasteiger partial charge in [-0.25, -0.2) is 4.68 Å². The molecular weight excluding hydrogens is 260 g/mol. The summed E-state index contributed by atoms with van der Waals surface area (Å²) in [5, 5.41) is 22.0. The minimum atomic E-state index is -0.0381. The number of aromatic hydroxyl groups is 1. The van der Waals surface area contributed by atoms with Crippen molar-refractivity contribution < 1.29 is 14.6 Å². The number of ether oxygens (including phenoxy) is 2. The van der Waals surface area contributed by atoms with Gasteiger partial charge in [0.05, 0.1) is 20.4 Å². The zero-order valence-electron chi connectivity index (χ0n) is 11.8.